The fourth-order valence-electron chi connectivity index (χ4n) is 4.10. The molecular formula is C22H19ClN8O6S4. The van der Waals surface area contributed by atoms with Crippen molar-refractivity contribution < 1.29 is 29.4 Å². The van der Waals surface area contributed by atoms with Crippen molar-refractivity contribution in [3.05, 3.63) is 51.1 Å². The summed E-state index contributed by atoms with van der Waals surface area (Å²) in [5, 5.41) is 34.1. The van der Waals surface area contributed by atoms with E-state index in [0.717, 1.165) is 23.1 Å². The Kier molecular flexibility index (Phi) is 8.46. The van der Waals surface area contributed by atoms with Crippen LogP contribution < -0.4 is 11.1 Å². The number of nitrogens with zero attached hydrogens (tertiary/aromatic N) is 6. The zero-order valence-electron chi connectivity index (χ0n) is 20.8. The molecule has 2 amide bonds. The molecule has 14 nitrogen and oxygen atoms in total. The number of anilines is 1. The minimum Gasteiger partial charge on any atom is -0.478 e. The third kappa shape index (κ3) is 5.74. The molecule has 5 N–H and O–H groups in total. The van der Waals surface area contributed by atoms with Crippen LogP contribution in [-0.4, -0.2) is 87.0 Å². The van der Waals surface area contributed by atoms with Crippen LogP contribution in [0.4, 0.5) is 5.13 Å². The molecule has 0 spiro atoms. The summed E-state index contributed by atoms with van der Waals surface area (Å²) in [5.41, 5.74) is 6.34. The fourth-order valence-corrected chi connectivity index (χ4v) is 8.54. The van der Waals surface area contributed by atoms with Gasteiger partial charge in [-0.15, -0.1) is 40.0 Å². The highest BCUT2D eigenvalue weighted by Crippen LogP contribution is 2.44. The second kappa shape index (κ2) is 11.9. The number of hydrogen-bond donors (Lipinski definition) is 4. The van der Waals surface area contributed by atoms with Gasteiger partial charge in [0.1, 0.15) is 22.4 Å². The molecule has 3 aromatic rings. The molecule has 0 saturated carbocycles. The summed E-state index contributed by atoms with van der Waals surface area (Å²) in [7, 11) is 1.66. The summed E-state index contributed by atoms with van der Waals surface area (Å²) >= 11 is 10.8. The van der Waals surface area contributed by atoms with E-state index in [2.05, 4.69) is 25.8 Å². The van der Waals surface area contributed by atoms with Gasteiger partial charge in [-0.3, -0.25) is 14.5 Å². The summed E-state index contributed by atoms with van der Waals surface area (Å²) in [5.74, 6) is -3.14. The van der Waals surface area contributed by atoms with E-state index in [1.165, 1.54) is 51.3 Å². The topological polar surface area (TPSA) is 207 Å². The van der Waals surface area contributed by atoms with Crippen LogP contribution in [0.25, 0.3) is 0 Å². The Labute approximate surface area is 253 Å². The number of tetrazole rings is 1. The third-order valence-electron chi connectivity index (χ3n) is 5.98. The number of nitrogen functional groups attached to an aromatic ring is 1. The Hall–Kier alpha value is -3.32. The van der Waals surface area contributed by atoms with Crippen LogP contribution in [0.5, 0.6) is 0 Å². The summed E-state index contributed by atoms with van der Waals surface area (Å²) < 4.78 is 1.46. The van der Waals surface area contributed by atoms with Gasteiger partial charge in [0.15, 0.2) is 5.13 Å². The number of hydrogen-bond acceptors (Lipinski definition) is 13. The first-order valence-corrected chi connectivity index (χ1v) is 15.7. The quantitative estimate of drug-likeness (QED) is 0.182. The SMILES string of the molecule is Cn1nnnc1SCC1=C(C(=O)O)N2C(=O)C(NC(=O)C(Sc3c(Cl)cccc3C(=O)O)c3csc(N)n3)[C@@H]2SC1. The first-order chi connectivity index (χ1) is 19.6. The Morgan fingerprint density at radius 3 is 2.71 bits per heavy atom. The van der Waals surface area contributed by atoms with E-state index >= 15 is 0 Å². The summed E-state index contributed by atoms with van der Waals surface area (Å²) in [6.45, 7) is 0. The number of nitrogens with two attached hydrogens (primary N) is 1. The predicted molar refractivity (Wildman–Crippen MR) is 153 cm³/mol. The van der Waals surface area contributed by atoms with Crippen LogP contribution in [0.3, 0.4) is 0 Å². The first kappa shape index (κ1) is 29.2. The lowest BCUT2D eigenvalue weighted by molar-refractivity contribution is -0.150. The lowest BCUT2D eigenvalue weighted by Gasteiger charge is -2.49. The minimum absolute atomic E-state index is 0.101. The Bertz CT molecular complexity index is 1600. The lowest BCUT2D eigenvalue weighted by Crippen LogP contribution is -2.70. The third-order valence-corrected chi connectivity index (χ3v) is 10.9. The number of halogens is 1. The highest BCUT2D eigenvalue weighted by atomic mass is 35.5. The van der Waals surface area contributed by atoms with Gasteiger partial charge < -0.3 is 21.3 Å². The molecule has 19 heteroatoms. The van der Waals surface area contributed by atoms with Gasteiger partial charge in [0, 0.05) is 28.8 Å². The Morgan fingerprint density at radius 2 is 2.07 bits per heavy atom. The number of thioether (sulfide) groups is 3. The zero-order valence-corrected chi connectivity index (χ0v) is 24.8. The maximum atomic E-state index is 13.6. The van der Waals surface area contributed by atoms with E-state index < -0.39 is 40.4 Å². The number of aromatic nitrogens is 5. The van der Waals surface area contributed by atoms with Gasteiger partial charge in [-0.2, -0.15) is 0 Å². The van der Waals surface area contributed by atoms with Gasteiger partial charge in [0.25, 0.3) is 5.91 Å². The molecule has 2 aliphatic heterocycles. The standard InChI is InChI=1S/C22H19ClN8O6S4/c1-30-22(27-28-29-30)40-6-8-5-38-18-12(17(33)31(18)13(8)20(36)37)26-16(32)15(11-7-39-21(24)25-11)41-14-9(19(34)35)3-2-4-10(14)23/h2-4,7,12,15,18H,5-6H2,1H3,(H2,24,25)(H,26,32)(H,34,35)(H,36,37)/t12?,15?,18-/m0/s1. The number of carboxylic acid groups (broad SMARTS) is 2. The number of nitrogens with one attached hydrogen (secondary N) is 1. The molecule has 5 rings (SSSR count). The number of aryl methyl sites for hydroxylation is 1. The second-order valence-corrected chi connectivity index (χ2v) is 13.0. The van der Waals surface area contributed by atoms with Crippen molar-refractivity contribution in [2.75, 3.05) is 17.2 Å². The van der Waals surface area contributed by atoms with Crippen LogP contribution in [0.15, 0.2) is 44.9 Å². The fraction of sp³-hybridized carbons (Fsp3) is 0.273. The molecule has 1 fully saturated rings. The number of aromatic carboxylic acids is 1. The van der Waals surface area contributed by atoms with Gasteiger partial charge in [-0.1, -0.05) is 29.4 Å². The number of amides is 2. The van der Waals surface area contributed by atoms with E-state index in [9.17, 15) is 29.4 Å². The zero-order chi connectivity index (χ0) is 29.4. The van der Waals surface area contributed by atoms with E-state index in [-0.39, 0.29) is 37.8 Å². The average molecular weight is 655 g/mol. The number of rotatable bonds is 10. The van der Waals surface area contributed by atoms with Crippen molar-refractivity contribution in [3.8, 4) is 0 Å². The van der Waals surface area contributed by atoms with Gasteiger partial charge >= 0.3 is 11.9 Å². The van der Waals surface area contributed by atoms with Crippen molar-refractivity contribution in [3.63, 3.8) is 0 Å². The summed E-state index contributed by atoms with van der Waals surface area (Å²) in [6, 6.07) is 3.34. The number of carbonyl (C=O) groups excluding carboxylic acids is 2. The monoisotopic (exact) mass is 654 g/mol. The van der Waals surface area contributed by atoms with Gasteiger partial charge in [-0.25, -0.2) is 19.3 Å². The number of β-lactam (4-membered cyclic amide) rings is 1. The number of benzene rings is 1. The smallest absolute Gasteiger partial charge is 0.352 e. The molecule has 1 saturated heterocycles. The second-order valence-electron chi connectivity index (χ2n) is 8.56. The molecular weight excluding hydrogens is 636 g/mol. The van der Waals surface area contributed by atoms with Crippen molar-refractivity contribution in [1.82, 2.24) is 35.4 Å². The number of carboxylic acids is 2. The molecule has 41 heavy (non-hydrogen) atoms. The maximum absolute atomic E-state index is 13.6. The van der Waals surface area contributed by atoms with Crippen LogP contribution in [0.1, 0.15) is 21.3 Å². The Balaban J connectivity index is 1.36. The summed E-state index contributed by atoms with van der Waals surface area (Å²) in [6.07, 6.45) is 0. The molecule has 0 radical (unpaired) electrons. The minimum atomic E-state index is -1.26. The van der Waals surface area contributed by atoms with Crippen molar-refractivity contribution >= 4 is 87.1 Å². The number of fused-ring (bicyclic) bond motifs is 1. The van der Waals surface area contributed by atoms with Gasteiger partial charge in [-0.05, 0) is 28.1 Å². The maximum Gasteiger partial charge on any atom is 0.352 e. The molecule has 0 bridgehead atoms. The molecule has 1 aromatic carbocycles. The average Bonchev–Trinajstić information content (AvgIpc) is 3.55. The Morgan fingerprint density at radius 1 is 1.29 bits per heavy atom. The van der Waals surface area contributed by atoms with Crippen LogP contribution in [0, 0.1) is 0 Å². The highest BCUT2D eigenvalue weighted by molar-refractivity contribution is 8.01. The predicted octanol–water partition coefficient (Wildman–Crippen LogP) is 1.96. The first-order valence-electron chi connectivity index (χ1n) is 11.5. The molecule has 2 aliphatic rings. The molecule has 0 aliphatic carbocycles. The van der Waals surface area contributed by atoms with E-state index in [0.29, 0.717) is 16.5 Å². The highest BCUT2D eigenvalue weighted by Gasteiger charge is 2.54. The molecule has 2 unspecified atom stereocenters. The van der Waals surface area contributed by atoms with Crippen LogP contribution in [-0.2, 0) is 21.4 Å². The van der Waals surface area contributed by atoms with E-state index in [4.69, 9.17) is 17.3 Å². The number of aliphatic carboxylic acids is 1. The molecule has 3 atom stereocenters. The molecule has 214 valence electrons. The van der Waals surface area contributed by atoms with Crippen molar-refractivity contribution in [1.29, 1.82) is 0 Å². The van der Waals surface area contributed by atoms with Crippen molar-refractivity contribution in [2.24, 2.45) is 7.05 Å². The van der Waals surface area contributed by atoms with Crippen LogP contribution >= 0.6 is 58.2 Å². The molecule has 4 heterocycles. The lowest BCUT2D eigenvalue weighted by atomic mass is 10.0. The number of carbonyl (C=O) groups is 4. The van der Waals surface area contributed by atoms with E-state index in [1.807, 2.05) is 0 Å². The van der Waals surface area contributed by atoms with Crippen LogP contribution in [0.2, 0.25) is 5.02 Å². The van der Waals surface area contributed by atoms with E-state index in [1.54, 1.807) is 12.4 Å². The van der Waals surface area contributed by atoms with Crippen molar-refractivity contribution in [2.45, 2.75) is 26.7 Å². The van der Waals surface area contributed by atoms with Gasteiger partial charge in [0.2, 0.25) is 11.1 Å². The molecule has 2 aromatic heterocycles. The summed E-state index contributed by atoms with van der Waals surface area (Å²) in [4.78, 5) is 56.3. The largest absolute Gasteiger partial charge is 0.478 e. The normalized spacial score (nSPS) is 19.0. The number of thiazole rings is 1. The van der Waals surface area contributed by atoms with Gasteiger partial charge in [0.05, 0.1) is 16.3 Å².